The molecule has 0 saturated heterocycles. The van der Waals surface area contributed by atoms with Crippen molar-refractivity contribution < 1.29 is 9.53 Å². The van der Waals surface area contributed by atoms with Gasteiger partial charge in [0.15, 0.2) is 0 Å². The lowest BCUT2D eigenvalue weighted by atomic mass is 9.75. The smallest absolute Gasteiger partial charge is 0.136 e. The predicted molar refractivity (Wildman–Crippen MR) is 77.7 cm³/mol. The Morgan fingerprint density at radius 3 is 2.10 bits per heavy atom. The second-order valence-electron chi connectivity index (χ2n) is 5.71. The van der Waals surface area contributed by atoms with Gasteiger partial charge in [0.2, 0.25) is 0 Å². The van der Waals surface area contributed by atoms with E-state index < -0.39 is 0 Å². The highest BCUT2D eigenvalue weighted by molar-refractivity contribution is 5.91. The number of carbonyl (C=O) groups is 1. The normalized spacial score (nSPS) is 22.1. The van der Waals surface area contributed by atoms with Crippen LogP contribution in [0.3, 0.4) is 0 Å². The van der Waals surface area contributed by atoms with Gasteiger partial charge in [-0.3, -0.25) is 4.79 Å². The molecule has 0 N–H and O–H groups in total. The summed E-state index contributed by atoms with van der Waals surface area (Å²) in [5.74, 6) is 0.295. The van der Waals surface area contributed by atoms with Crippen molar-refractivity contribution in [3.8, 4) is 11.1 Å². The second-order valence-corrected chi connectivity index (χ2v) is 5.71. The highest BCUT2D eigenvalue weighted by Gasteiger charge is 2.54. The Bertz CT molecular complexity index is 657. The van der Waals surface area contributed by atoms with Crippen molar-refractivity contribution in [2.45, 2.75) is 24.4 Å². The molecule has 0 heterocycles. The fourth-order valence-electron chi connectivity index (χ4n) is 4.06. The average molecular weight is 264 g/mol. The first-order valence-corrected chi connectivity index (χ1v) is 7.01. The molecule has 0 aliphatic heterocycles. The van der Waals surface area contributed by atoms with Crippen LogP contribution < -0.4 is 0 Å². The molecule has 0 aromatic heterocycles. The molecule has 2 aromatic rings. The lowest BCUT2D eigenvalue weighted by Gasteiger charge is -2.32. The number of ether oxygens (including phenoxy) is 1. The number of rotatable bonds is 1. The van der Waals surface area contributed by atoms with Crippen molar-refractivity contribution in [3.63, 3.8) is 0 Å². The zero-order valence-corrected chi connectivity index (χ0v) is 11.4. The number of hydrogen-bond donors (Lipinski definition) is 0. The molecule has 1 unspecified atom stereocenters. The minimum Gasteiger partial charge on any atom is -0.380 e. The number of ketones is 1. The third-order valence-electron chi connectivity index (χ3n) is 4.83. The molecular weight excluding hydrogens is 248 g/mol. The monoisotopic (exact) mass is 264 g/mol. The molecule has 2 heteroatoms. The minimum absolute atomic E-state index is 0.0557. The van der Waals surface area contributed by atoms with Crippen LogP contribution in [-0.4, -0.2) is 19.0 Å². The predicted octanol–water partition coefficient (Wildman–Crippen LogP) is 3.33. The summed E-state index contributed by atoms with van der Waals surface area (Å²) in [4.78, 5) is 12.1. The number of benzene rings is 2. The maximum atomic E-state index is 12.1. The van der Waals surface area contributed by atoms with Gasteiger partial charge in [-0.2, -0.15) is 0 Å². The van der Waals surface area contributed by atoms with Crippen LogP contribution in [0.2, 0.25) is 0 Å². The van der Waals surface area contributed by atoms with Gasteiger partial charge in [-0.15, -0.1) is 0 Å². The summed E-state index contributed by atoms with van der Waals surface area (Å²) in [6, 6.07) is 16.8. The molecule has 2 aliphatic carbocycles. The Kier molecular flexibility index (Phi) is 2.39. The molecule has 0 bridgehead atoms. The van der Waals surface area contributed by atoms with Gasteiger partial charge in [-0.25, -0.2) is 0 Å². The van der Waals surface area contributed by atoms with Crippen LogP contribution in [0.1, 0.15) is 24.0 Å². The summed E-state index contributed by atoms with van der Waals surface area (Å²) in [6.07, 6.45) is 1.01. The number of Topliss-reactive ketones (excluding diaryl/α,β-unsaturated/α-hetero) is 1. The molecule has 1 spiro atoms. The van der Waals surface area contributed by atoms with Crippen LogP contribution in [0.5, 0.6) is 0 Å². The zero-order valence-electron chi connectivity index (χ0n) is 11.4. The Labute approximate surface area is 118 Å². The minimum atomic E-state index is -0.279. The van der Waals surface area contributed by atoms with E-state index in [0.29, 0.717) is 18.6 Å². The van der Waals surface area contributed by atoms with Crippen LogP contribution in [0, 0.1) is 0 Å². The average Bonchev–Trinajstić information content (AvgIpc) is 2.97. The molecule has 0 amide bonds. The van der Waals surface area contributed by atoms with Gasteiger partial charge in [0.25, 0.3) is 0 Å². The van der Waals surface area contributed by atoms with Gasteiger partial charge in [0.05, 0.1) is 11.5 Å². The van der Waals surface area contributed by atoms with E-state index >= 15 is 0 Å². The Morgan fingerprint density at radius 1 is 1.00 bits per heavy atom. The fourth-order valence-corrected chi connectivity index (χ4v) is 4.06. The summed E-state index contributed by atoms with van der Waals surface area (Å²) in [5.41, 5.74) is 4.72. The maximum Gasteiger partial charge on any atom is 0.136 e. The molecule has 1 fully saturated rings. The first-order chi connectivity index (χ1) is 9.77. The summed E-state index contributed by atoms with van der Waals surface area (Å²) >= 11 is 0. The largest absolute Gasteiger partial charge is 0.380 e. The molecule has 1 saturated carbocycles. The van der Waals surface area contributed by atoms with Gasteiger partial charge in [-0.05, 0) is 22.3 Å². The quantitative estimate of drug-likeness (QED) is 0.789. The number of methoxy groups -OCH3 is 1. The Balaban J connectivity index is 2.07. The number of hydrogen-bond acceptors (Lipinski definition) is 2. The lowest BCUT2D eigenvalue weighted by molar-refractivity contribution is -0.118. The maximum absolute atomic E-state index is 12.1. The van der Waals surface area contributed by atoms with Crippen molar-refractivity contribution in [2.75, 3.05) is 7.11 Å². The third-order valence-corrected chi connectivity index (χ3v) is 4.83. The van der Waals surface area contributed by atoms with E-state index in [0.717, 1.165) is 0 Å². The molecule has 4 rings (SSSR count). The number of carbonyl (C=O) groups excluding carboxylic acids is 1. The fraction of sp³-hybridized carbons (Fsp3) is 0.278. The summed E-state index contributed by atoms with van der Waals surface area (Å²) in [6.45, 7) is 0. The highest BCUT2D eigenvalue weighted by Crippen LogP contribution is 2.56. The van der Waals surface area contributed by atoms with Crippen LogP contribution in [0.4, 0.5) is 0 Å². The van der Waals surface area contributed by atoms with E-state index in [2.05, 4.69) is 48.5 Å². The number of fused-ring (bicyclic) bond motifs is 5. The molecule has 1 atom stereocenters. The molecule has 2 aromatic carbocycles. The van der Waals surface area contributed by atoms with Gasteiger partial charge < -0.3 is 4.74 Å². The van der Waals surface area contributed by atoms with E-state index in [-0.39, 0.29) is 11.5 Å². The molecule has 100 valence electrons. The second kappa shape index (κ2) is 4.03. The SMILES string of the molecule is COC1CC(=O)CC12c1ccccc1-c1ccccc12. The standard InChI is InChI=1S/C18H16O2/c1-20-17-10-12(19)11-18(17)15-8-4-2-6-13(15)14-7-3-5-9-16(14)18/h2-9,17H,10-11H2,1H3. The Hall–Kier alpha value is -1.93. The van der Waals surface area contributed by atoms with Gasteiger partial charge in [0, 0.05) is 20.0 Å². The topological polar surface area (TPSA) is 26.3 Å². The van der Waals surface area contributed by atoms with Gasteiger partial charge >= 0.3 is 0 Å². The summed E-state index contributed by atoms with van der Waals surface area (Å²) in [7, 11) is 1.72. The van der Waals surface area contributed by atoms with E-state index in [9.17, 15) is 4.79 Å². The molecule has 20 heavy (non-hydrogen) atoms. The van der Waals surface area contributed by atoms with Crippen molar-refractivity contribution in [2.24, 2.45) is 0 Å². The van der Waals surface area contributed by atoms with Crippen molar-refractivity contribution >= 4 is 5.78 Å². The van der Waals surface area contributed by atoms with Crippen molar-refractivity contribution in [1.82, 2.24) is 0 Å². The van der Waals surface area contributed by atoms with E-state index in [1.165, 1.54) is 22.3 Å². The van der Waals surface area contributed by atoms with Crippen LogP contribution in [0.15, 0.2) is 48.5 Å². The van der Waals surface area contributed by atoms with Crippen molar-refractivity contribution in [3.05, 3.63) is 59.7 Å². The third kappa shape index (κ3) is 1.30. The van der Waals surface area contributed by atoms with Crippen molar-refractivity contribution in [1.29, 1.82) is 0 Å². The van der Waals surface area contributed by atoms with E-state index in [1.54, 1.807) is 7.11 Å². The molecule has 0 radical (unpaired) electrons. The van der Waals surface area contributed by atoms with Crippen LogP contribution >= 0.6 is 0 Å². The van der Waals surface area contributed by atoms with Gasteiger partial charge in [-0.1, -0.05) is 48.5 Å². The molecule has 2 aliphatic rings. The van der Waals surface area contributed by atoms with Crippen LogP contribution in [0.25, 0.3) is 11.1 Å². The summed E-state index contributed by atoms with van der Waals surface area (Å²) < 4.78 is 5.71. The van der Waals surface area contributed by atoms with Crippen LogP contribution in [-0.2, 0) is 14.9 Å². The first kappa shape index (κ1) is 11.9. The van der Waals surface area contributed by atoms with E-state index in [4.69, 9.17) is 4.74 Å². The van der Waals surface area contributed by atoms with Gasteiger partial charge in [0.1, 0.15) is 5.78 Å². The lowest BCUT2D eigenvalue weighted by Crippen LogP contribution is -2.35. The molecule has 2 nitrogen and oxygen atoms in total. The van der Waals surface area contributed by atoms with E-state index in [1.807, 2.05) is 0 Å². The highest BCUT2D eigenvalue weighted by atomic mass is 16.5. The molecular formula is C18H16O2. The summed E-state index contributed by atoms with van der Waals surface area (Å²) in [5, 5.41) is 0. The zero-order chi connectivity index (χ0) is 13.7. The Morgan fingerprint density at radius 2 is 1.55 bits per heavy atom. The first-order valence-electron chi connectivity index (χ1n) is 7.01.